The van der Waals surface area contributed by atoms with Crippen molar-refractivity contribution < 1.29 is 19.1 Å². The van der Waals surface area contributed by atoms with Gasteiger partial charge in [0.25, 0.3) is 11.8 Å². The standard InChI is InChI=1S/C24H20N2O4/c27-22-16-21(24(29)26(22)19-12-6-2-7-13-19)25(18-10-4-1-5-11-18)23(28)17-30-20-14-8-3-9-15-20/h1-15,21H,16-17H2/t21-/m1/s1. The predicted molar refractivity (Wildman–Crippen MR) is 113 cm³/mol. The zero-order valence-corrected chi connectivity index (χ0v) is 16.2. The van der Waals surface area contributed by atoms with Crippen LogP contribution < -0.4 is 14.5 Å². The smallest absolute Gasteiger partial charge is 0.265 e. The summed E-state index contributed by atoms with van der Waals surface area (Å²) in [6, 6.07) is 25.7. The molecule has 0 aromatic heterocycles. The van der Waals surface area contributed by atoms with Crippen LogP contribution in [-0.4, -0.2) is 30.4 Å². The summed E-state index contributed by atoms with van der Waals surface area (Å²) in [5, 5.41) is 0. The van der Waals surface area contributed by atoms with Gasteiger partial charge < -0.3 is 4.74 Å². The molecule has 1 saturated heterocycles. The Morgan fingerprint density at radius 1 is 0.867 bits per heavy atom. The maximum atomic E-state index is 13.2. The molecule has 0 aliphatic carbocycles. The van der Waals surface area contributed by atoms with E-state index in [1.165, 1.54) is 4.90 Å². The lowest BCUT2D eigenvalue weighted by Gasteiger charge is -2.27. The van der Waals surface area contributed by atoms with Gasteiger partial charge in [-0.25, -0.2) is 4.90 Å². The van der Waals surface area contributed by atoms with Crippen LogP contribution in [0.5, 0.6) is 5.75 Å². The predicted octanol–water partition coefficient (Wildman–Crippen LogP) is 3.43. The van der Waals surface area contributed by atoms with Gasteiger partial charge in [-0.1, -0.05) is 54.6 Å². The first-order valence-corrected chi connectivity index (χ1v) is 9.62. The second-order valence-corrected chi connectivity index (χ2v) is 6.82. The number of anilines is 2. The van der Waals surface area contributed by atoms with Gasteiger partial charge in [0.1, 0.15) is 11.8 Å². The Labute approximate surface area is 174 Å². The van der Waals surface area contributed by atoms with E-state index in [4.69, 9.17) is 4.74 Å². The molecule has 3 aromatic rings. The normalized spacial score (nSPS) is 15.9. The molecule has 0 N–H and O–H groups in total. The van der Waals surface area contributed by atoms with Crippen LogP contribution in [0.25, 0.3) is 0 Å². The first-order valence-electron chi connectivity index (χ1n) is 9.62. The van der Waals surface area contributed by atoms with Crippen molar-refractivity contribution in [1.82, 2.24) is 0 Å². The van der Waals surface area contributed by atoms with Crippen LogP contribution in [0.3, 0.4) is 0 Å². The van der Waals surface area contributed by atoms with Gasteiger partial charge in [-0.3, -0.25) is 19.3 Å². The number of benzene rings is 3. The highest BCUT2D eigenvalue weighted by molar-refractivity contribution is 6.25. The van der Waals surface area contributed by atoms with Crippen molar-refractivity contribution in [2.45, 2.75) is 12.5 Å². The second-order valence-electron chi connectivity index (χ2n) is 6.82. The number of hydrogen-bond donors (Lipinski definition) is 0. The van der Waals surface area contributed by atoms with E-state index < -0.39 is 17.9 Å². The molecule has 1 fully saturated rings. The molecule has 0 saturated carbocycles. The average molecular weight is 400 g/mol. The lowest BCUT2D eigenvalue weighted by molar-refractivity contribution is -0.125. The average Bonchev–Trinajstić information content (AvgIpc) is 3.08. The monoisotopic (exact) mass is 400 g/mol. The third kappa shape index (κ3) is 3.93. The molecule has 30 heavy (non-hydrogen) atoms. The Balaban J connectivity index is 1.61. The maximum absolute atomic E-state index is 13.2. The third-order valence-corrected chi connectivity index (χ3v) is 4.86. The number of carbonyl (C=O) groups excluding carboxylic acids is 3. The number of para-hydroxylation sites is 3. The Hall–Kier alpha value is -3.93. The minimum absolute atomic E-state index is 0.0836. The molecule has 0 spiro atoms. The van der Waals surface area contributed by atoms with Gasteiger partial charge in [0.05, 0.1) is 12.1 Å². The Kier molecular flexibility index (Phi) is 5.57. The van der Waals surface area contributed by atoms with E-state index in [0.717, 1.165) is 4.90 Å². The molecule has 4 rings (SSSR count). The van der Waals surface area contributed by atoms with E-state index in [1.807, 2.05) is 30.3 Å². The summed E-state index contributed by atoms with van der Waals surface area (Å²) in [7, 11) is 0. The lowest BCUT2D eigenvalue weighted by Crippen LogP contribution is -2.47. The fraction of sp³-hybridized carbons (Fsp3) is 0.125. The number of amides is 3. The fourth-order valence-corrected chi connectivity index (χ4v) is 3.48. The van der Waals surface area contributed by atoms with E-state index >= 15 is 0 Å². The summed E-state index contributed by atoms with van der Waals surface area (Å²) in [5.41, 5.74) is 1.04. The Morgan fingerprint density at radius 2 is 1.43 bits per heavy atom. The quantitative estimate of drug-likeness (QED) is 0.595. The highest BCUT2D eigenvalue weighted by Gasteiger charge is 2.45. The van der Waals surface area contributed by atoms with Crippen molar-refractivity contribution in [3.63, 3.8) is 0 Å². The van der Waals surface area contributed by atoms with Crippen molar-refractivity contribution in [3.05, 3.63) is 91.0 Å². The number of rotatable bonds is 6. The minimum Gasteiger partial charge on any atom is -0.484 e. The zero-order valence-electron chi connectivity index (χ0n) is 16.2. The molecule has 0 radical (unpaired) electrons. The van der Waals surface area contributed by atoms with Crippen LogP contribution in [0.2, 0.25) is 0 Å². The van der Waals surface area contributed by atoms with Gasteiger partial charge in [0, 0.05) is 5.69 Å². The largest absolute Gasteiger partial charge is 0.484 e. The number of nitrogens with zero attached hydrogens (tertiary/aromatic N) is 2. The van der Waals surface area contributed by atoms with Crippen LogP contribution in [-0.2, 0) is 14.4 Å². The summed E-state index contributed by atoms with van der Waals surface area (Å²) in [5.74, 6) is -0.610. The van der Waals surface area contributed by atoms with Crippen molar-refractivity contribution >= 4 is 29.1 Å². The molecule has 150 valence electrons. The van der Waals surface area contributed by atoms with Crippen LogP contribution in [0.1, 0.15) is 6.42 Å². The van der Waals surface area contributed by atoms with Crippen molar-refractivity contribution in [2.24, 2.45) is 0 Å². The number of imide groups is 1. The summed E-state index contributed by atoms with van der Waals surface area (Å²) < 4.78 is 5.60. The molecule has 1 aliphatic heterocycles. The number of ether oxygens (including phenoxy) is 1. The molecule has 0 unspecified atom stereocenters. The minimum atomic E-state index is -0.924. The summed E-state index contributed by atoms with van der Waals surface area (Å²) in [6.45, 7) is -0.248. The van der Waals surface area contributed by atoms with Gasteiger partial charge in [-0.2, -0.15) is 0 Å². The summed E-state index contributed by atoms with van der Waals surface area (Å²) in [6.07, 6.45) is -0.0836. The van der Waals surface area contributed by atoms with Gasteiger partial charge >= 0.3 is 0 Å². The second kappa shape index (κ2) is 8.61. The number of hydrogen-bond acceptors (Lipinski definition) is 4. The topological polar surface area (TPSA) is 66.9 Å². The lowest BCUT2D eigenvalue weighted by atomic mass is 10.1. The van der Waals surface area contributed by atoms with Crippen LogP contribution in [0.4, 0.5) is 11.4 Å². The van der Waals surface area contributed by atoms with E-state index in [9.17, 15) is 14.4 Å². The first-order chi connectivity index (χ1) is 14.6. The van der Waals surface area contributed by atoms with Crippen molar-refractivity contribution in [3.8, 4) is 5.75 Å². The van der Waals surface area contributed by atoms with Gasteiger partial charge in [-0.15, -0.1) is 0 Å². The van der Waals surface area contributed by atoms with E-state index in [-0.39, 0.29) is 18.9 Å². The van der Waals surface area contributed by atoms with E-state index in [2.05, 4.69) is 0 Å². The highest BCUT2D eigenvalue weighted by atomic mass is 16.5. The summed E-state index contributed by atoms with van der Waals surface area (Å²) in [4.78, 5) is 41.5. The molecule has 1 aliphatic rings. The van der Waals surface area contributed by atoms with Crippen LogP contribution in [0.15, 0.2) is 91.0 Å². The molecule has 0 bridgehead atoms. The fourth-order valence-electron chi connectivity index (χ4n) is 3.48. The molecule has 3 amide bonds. The third-order valence-electron chi connectivity index (χ3n) is 4.86. The van der Waals surface area contributed by atoms with Crippen LogP contribution >= 0.6 is 0 Å². The van der Waals surface area contributed by atoms with Gasteiger partial charge in [0.2, 0.25) is 5.91 Å². The van der Waals surface area contributed by atoms with Gasteiger partial charge in [-0.05, 0) is 36.4 Å². The molecule has 1 heterocycles. The highest BCUT2D eigenvalue weighted by Crippen LogP contribution is 2.29. The molecule has 3 aromatic carbocycles. The molecule has 1 atom stereocenters. The Morgan fingerprint density at radius 3 is 2.07 bits per heavy atom. The van der Waals surface area contributed by atoms with E-state index in [0.29, 0.717) is 17.1 Å². The molecule has 6 nitrogen and oxygen atoms in total. The summed E-state index contributed by atoms with van der Waals surface area (Å²) >= 11 is 0. The zero-order chi connectivity index (χ0) is 20.9. The number of carbonyl (C=O) groups is 3. The first kappa shape index (κ1) is 19.4. The molecule has 6 heteroatoms. The molecular formula is C24H20N2O4. The van der Waals surface area contributed by atoms with Crippen LogP contribution in [0, 0.1) is 0 Å². The van der Waals surface area contributed by atoms with Crippen molar-refractivity contribution in [1.29, 1.82) is 0 Å². The Bertz CT molecular complexity index is 1040. The van der Waals surface area contributed by atoms with Gasteiger partial charge in [0.15, 0.2) is 6.61 Å². The van der Waals surface area contributed by atoms with Crippen molar-refractivity contribution in [2.75, 3.05) is 16.4 Å². The maximum Gasteiger partial charge on any atom is 0.265 e. The SMILES string of the molecule is O=C1C[C@@H](N(C(=O)COc2ccccc2)c2ccccc2)C(=O)N1c1ccccc1. The molecular weight excluding hydrogens is 380 g/mol. The van der Waals surface area contributed by atoms with E-state index in [1.54, 1.807) is 60.7 Å².